The van der Waals surface area contributed by atoms with Crippen LogP contribution in [0.1, 0.15) is 51.6 Å². The number of aryl methyl sites for hydroxylation is 2. The molecule has 0 saturated heterocycles. The molecule has 6 heteroatoms. The summed E-state index contributed by atoms with van der Waals surface area (Å²) < 4.78 is 5.31. The number of Topliss-reactive ketones (excluding diaryl/α,β-unsaturated/α-hetero) is 1. The number of ether oxygens (including phenoxy) is 1. The van der Waals surface area contributed by atoms with Crippen molar-refractivity contribution in [2.45, 2.75) is 33.6 Å². The first-order chi connectivity index (χ1) is 12.9. The minimum Gasteiger partial charge on any atom is -0.494 e. The molecule has 0 spiro atoms. The predicted molar refractivity (Wildman–Crippen MR) is 103 cm³/mol. The summed E-state index contributed by atoms with van der Waals surface area (Å²) in [7, 11) is 0. The maximum absolute atomic E-state index is 12.3. The van der Waals surface area contributed by atoms with Gasteiger partial charge in [0.15, 0.2) is 5.78 Å². The number of benzene rings is 2. The van der Waals surface area contributed by atoms with Crippen molar-refractivity contribution in [1.82, 2.24) is 10.9 Å². The molecule has 27 heavy (non-hydrogen) atoms. The van der Waals surface area contributed by atoms with Crippen LogP contribution in [0.2, 0.25) is 0 Å². The standard InChI is InChI=1S/C21H24N2O4/c1-4-27-17-9-7-16(8-10-17)21(26)23-22-20(25)12-11-19(24)18-13-14(2)5-6-15(18)3/h5-10,13H,4,11-12H2,1-3H3,(H,22,25)(H,23,26). The number of ketones is 1. The molecule has 0 aliphatic heterocycles. The molecule has 0 radical (unpaired) electrons. The van der Waals surface area contributed by atoms with Gasteiger partial charge in [-0.1, -0.05) is 17.7 Å². The number of hydrogen-bond donors (Lipinski definition) is 2. The lowest BCUT2D eigenvalue weighted by Gasteiger charge is -2.09. The van der Waals surface area contributed by atoms with Gasteiger partial charge < -0.3 is 4.74 Å². The minimum atomic E-state index is -0.438. The summed E-state index contributed by atoms with van der Waals surface area (Å²) in [5.41, 5.74) is 7.58. The van der Waals surface area contributed by atoms with Gasteiger partial charge in [-0.3, -0.25) is 25.2 Å². The Balaban J connectivity index is 1.81. The van der Waals surface area contributed by atoms with E-state index < -0.39 is 11.8 Å². The second kappa shape index (κ2) is 9.52. The molecule has 0 aliphatic carbocycles. The molecule has 0 heterocycles. The molecular formula is C21H24N2O4. The van der Waals surface area contributed by atoms with Crippen LogP contribution in [-0.4, -0.2) is 24.2 Å². The third-order valence-corrected chi connectivity index (χ3v) is 4.02. The van der Waals surface area contributed by atoms with Crippen LogP contribution in [0.15, 0.2) is 42.5 Å². The first-order valence-corrected chi connectivity index (χ1v) is 8.83. The van der Waals surface area contributed by atoms with Crippen LogP contribution in [0.3, 0.4) is 0 Å². The highest BCUT2D eigenvalue weighted by Crippen LogP contribution is 2.14. The lowest BCUT2D eigenvalue weighted by atomic mass is 9.99. The van der Waals surface area contributed by atoms with Gasteiger partial charge in [0.2, 0.25) is 5.91 Å². The van der Waals surface area contributed by atoms with E-state index in [1.807, 2.05) is 39.0 Å². The Morgan fingerprint density at radius 3 is 2.30 bits per heavy atom. The van der Waals surface area contributed by atoms with Crippen molar-refractivity contribution in [3.05, 3.63) is 64.7 Å². The summed E-state index contributed by atoms with van der Waals surface area (Å²) in [4.78, 5) is 36.2. The maximum atomic E-state index is 12.3. The van der Waals surface area contributed by atoms with E-state index in [4.69, 9.17) is 4.74 Å². The molecule has 0 aliphatic rings. The number of nitrogens with one attached hydrogen (secondary N) is 2. The Hall–Kier alpha value is -3.15. The third kappa shape index (κ3) is 5.95. The smallest absolute Gasteiger partial charge is 0.269 e. The summed E-state index contributed by atoms with van der Waals surface area (Å²) in [5, 5.41) is 0. The molecule has 0 aromatic heterocycles. The van der Waals surface area contributed by atoms with Crippen molar-refractivity contribution in [3.8, 4) is 5.75 Å². The average Bonchev–Trinajstić information content (AvgIpc) is 2.67. The van der Waals surface area contributed by atoms with Gasteiger partial charge in [-0.25, -0.2) is 0 Å². The van der Waals surface area contributed by atoms with Crippen molar-refractivity contribution >= 4 is 17.6 Å². The van der Waals surface area contributed by atoms with E-state index in [2.05, 4.69) is 10.9 Å². The Kier molecular flexibility index (Phi) is 7.11. The topological polar surface area (TPSA) is 84.5 Å². The Morgan fingerprint density at radius 2 is 1.63 bits per heavy atom. The van der Waals surface area contributed by atoms with Crippen molar-refractivity contribution in [2.75, 3.05) is 6.61 Å². The van der Waals surface area contributed by atoms with Crippen LogP contribution >= 0.6 is 0 Å². The fourth-order valence-corrected chi connectivity index (χ4v) is 2.53. The quantitative estimate of drug-likeness (QED) is 0.581. The van der Waals surface area contributed by atoms with E-state index in [0.29, 0.717) is 23.5 Å². The van der Waals surface area contributed by atoms with Crippen LogP contribution in [0, 0.1) is 13.8 Å². The molecule has 142 valence electrons. The third-order valence-electron chi connectivity index (χ3n) is 4.02. The molecule has 2 amide bonds. The van der Waals surface area contributed by atoms with Crippen molar-refractivity contribution in [3.63, 3.8) is 0 Å². The van der Waals surface area contributed by atoms with E-state index >= 15 is 0 Å². The van der Waals surface area contributed by atoms with E-state index in [1.54, 1.807) is 24.3 Å². The Bertz CT molecular complexity index is 829. The van der Waals surface area contributed by atoms with Crippen LogP contribution in [0.25, 0.3) is 0 Å². The highest BCUT2D eigenvalue weighted by atomic mass is 16.5. The zero-order valence-corrected chi connectivity index (χ0v) is 15.8. The van der Waals surface area contributed by atoms with Crippen molar-refractivity contribution in [2.24, 2.45) is 0 Å². The molecule has 0 fully saturated rings. The summed E-state index contributed by atoms with van der Waals surface area (Å²) in [6.07, 6.45) is 0.0742. The second-order valence-electron chi connectivity index (χ2n) is 6.20. The molecule has 2 aromatic carbocycles. The first-order valence-electron chi connectivity index (χ1n) is 8.83. The SMILES string of the molecule is CCOc1ccc(C(=O)NNC(=O)CCC(=O)c2cc(C)ccc2C)cc1. The van der Waals surface area contributed by atoms with Crippen LogP contribution in [-0.2, 0) is 4.79 Å². The number of hydrogen-bond acceptors (Lipinski definition) is 4. The molecule has 2 aromatic rings. The van der Waals surface area contributed by atoms with Gasteiger partial charge in [0.25, 0.3) is 5.91 Å². The normalized spacial score (nSPS) is 10.2. The van der Waals surface area contributed by atoms with Gasteiger partial charge in [-0.15, -0.1) is 0 Å². The average molecular weight is 368 g/mol. The van der Waals surface area contributed by atoms with Crippen molar-refractivity contribution in [1.29, 1.82) is 0 Å². The highest BCUT2D eigenvalue weighted by molar-refractivity contribution is 6.00. The monoisotopic (exact) mass is 368 g/mol. The molecule has 2 N–H and O–H groups in total. The Morgan fingerprint density at radius 1 is 0.926 bits per heavy atom. The fraction of sp³-hybridized carbons (Fsp3) is 0.286. The molecule has 0 unspecified atom stereocenters. The molecule has 0 saturated carbocycles. The highest BCUT2D eigenvalue weighted by Gasteiger charge is 2.13. The Labute approximate surface area is 158 Å². The van der Waals surface area contributed by atoms with Crippen LogP contribution in [0.5, 0.6) is 5.75 Å². The lowest BCUT2D eigenvalue weighted by molar-refractivity contribution is -0.121. The van der Waals surface area contributed by atoms with Gasteiger partial charge in [-0.2, -0.15) is 0 Å². The molecule has 0 atom stereocenters. The number of carbonyl (C=O) groups excluding carboxylic acids is 3. The predicted octanol–water partition coefficient (Wildman–Crippen LogP) is 3.13. The molecule has 2 rings (SSSR count). The van der Waals surface area contributed by atoms with Crippen molar-refractivity contribution < 1.29 is 19.1 Å². The summed E-state index contributed by atoms with van der Waals surface area (Å²) in [6.45, 7) is 6.20. The van der Waals surface area contributed by atoms with Crippen LogP contribution in [0.4, 0.5) is 0 Å². The molecule has 6 nitrogen and oxygen atoms in total. The maximum Gasteiger partial charge on any atom is 0.269 e. The fourth-order valence-electron chi connectivity index (χ4n) is 2.53. The van der Waals surface area contributed by atoms with E-state index in [9.17, 15) is 14.4 Å². The minimum absolute atomic E-state index is 0.00419. The van der Waals surface area contributed by atoms with Crippen LogP contribution < -0.4 is 15.6 Å². The molecule has 0 bridgehead atoms. The van der Waals surface area contributed by atoms with E-state index in [1.165, 1.54) is 0 Å². The second-order valence-corrected chi connectivity index (χ2v) is 6.20. The zero-order valence-electron chi connectivity index (χ0n) is 15.8. The van der Waals surface area contributed by atoms with Gasteiger partial charge in [0.05, 0.1) is 6.61 Å². The van der Waals surface area contributed by atoms with Gasteiger partial charge >= 0.3 is 0 Å². The number of hydrazine groups is 1. The lowest BCUT2D eigenvalue weighted by Crippen LogP contribution is -2.41. The summed E-state index contributed by atoms with van der Waals surface area (Å²) in [5.74, 6) is -0.285. The number of amides is 2. The zero-order chi connectivity index (χ0) is 19.8. The van der Waals surface area contributed by atoms with Gasteiger partial charge in [-0.05, 0) is 56.7 Å². The first kappa shape index (κ1) is 20.2. The van der Waals surface area contributed by atoms with E-state index in [0.717, 1.165) is 11.1 Å². The van der Waals surface area contributed by atoms with Gasteiger partial charge in [0, 0.05) is 24.0 Å². The van der Waals surface area contributed by atoms with E-state index in [-0.39, 0.29) is 18.6 Å². The summed E-state index contributed by atoms with van der Waals surface area (Å²) in [6, 6.07) is 12.2. The molecular weight excluding hydrogens is 344 g/mol. The number of carbonyl (C=O) groups is 3. The van der Waals surface area contributed by atoms with Gasteiger partial charge in [0.1, 0.15) is 5.75 Å². The number of rotatable bonds is 7. The summed E-state index contributed by atoms with van der Waals surface area (Å²) >= 11 is 0. The largest absolute Gasteiger partial charge is 0.494 e.